The lowest BCUT2D eigenvalue weighted by Gasteiger charge is -2.15. The van der Waals surface area contributed by atoms with Crippen LogP contribution in [0.4, 0.5) is 8.78 Å². The van der Waals surface area contributed by atoms with Gasteiger partial charge in [0.25, 0.3) is 11.5 Å². The summed E-state index contributed by atoms with van der Waals surface area (Å²) >= 11 is 0. The second-order valence-corrected chi connectivity index (χ2v) is 4.09. The zero-order chi connectivity index (χ0) is 15.1. The predicted octanol–water partition coefficient (Wildman–Crippen LogP) is 0.680. The maximum atomic E-state index is 13.8. The van der Waals surface area contributed by atoms with Crippen molar-refractivity contribution in [1.29, 1.82) is 5.26 Å². The number of aryl methyl sites for hydroxylation is 1. The molecule has 0 aliphatic rings. The number of aromatic nitrogens is 2. The summed E-state index contributed by atoms with van der Waals surface area (Å²) in [4.78, 5) is 28.6. The number of rotatable bonds is 2. The first-order chi connectivity index (χ1) is 9.30. The summed E-state index contributed by atoms with van der Waals surface area (Å²) in [6, 6.07) is 3.12. The third-order valence-electron chi connectivity index (χ3n) is 2.91. The van der Waals surface area contributed by atoms with Crippen LogP contribution in [0.5, 0.6) is 0 Å². The van der Waals surface area contributed by atoms with Gasteiger partial charge in [-0.15, -0.1) is 0 Å². The minimum Gasteiger partial charge on any atom is -0.364 e. The Morgan fingerprint density at radius 3 is 2.75 bits per heavy atom. The van der Waals surface area contributed by atoms with E-state index in [-0.39, 0.29) is 22.2 Å². The van der Waals surface area contributed by atoms with E-state index in [4.69, 9.17) is 5.26 Å². The summed E-state index contributed by atoms with van der Waals surface area (Å²) in [5.41, 5.74) is 2.29. The van der Waals surface area contributed by atoms with Crippen LogP contribution in [0.25, 0.3) is 10.9 Å². The van der Waals surface area contributed by atoms with Gasteiger partial charge in [-0.1, -0.05) is 0 Å². The van der Waals surface area contributed by atoms with Gasteiger partial charge in [0.15, 0.2) is 0 Å². The van der Waals surface area contributed by atoms with Gasteiger partial charge in [-0.2, -0.15) is 14.0 Å². The molecule has 2 aromatic rings. The number of nitrogens with one attached hydrogen (secondary N) is 1. The van der Waals surface area contributed by atoms with Gasteiger partial charge in [-0.3, -0.25) is 9.59 Å². The Labute approximate surface area is 110 Å². The highest BCUT2D eigenvalue weighted by Gasteiger charge is 2.43. The average Bonchev–Trinajstić information content (AvgIpc) is 2.37. The van der Waals surface area contributed by atoms with Crippen molar-refractivity contribution in [2.75, 3.05) is 0 Å². The second-order valence-electron chi connectivity index (χ2n) is 4.09. The Morgan fingerprint density at radius 2 is 2.20 bits per heavy atom. The zero-order valence-electron chi connectivity index (χ0n) is 10.2. The SMILES string of the molecule is Cc1c(C(F)(F)C(N)=O)c(=O)[nH]c2ccnc(C#N)c12. The number of halogens is 2. The normalized spacial score (nSPS) is 11.3. The highest BCUT2D eigenvalue weighted by atomic mass is 19.3. The van der Waals surface area contributed by atoms with E-state index in [0.717, 1.165) is 0 Å². The van der Waals surface area contributed by atoms with Crippen molar-refractivity contribution in [3.63, 3.8) is 0 Å². The molecule has 0 aromatic carbocycles. The predicted molar refractivity (Wildman–Crippen MR) is 64.9 cm³/mol. The van der Waals surface area contributed by atoms with Crippen molar-refractivity contribution in [1.82, 2.24) is 9.97 Å². The summed E-state index contributed by atoms with van der Waals surface area (Å²) in [5.74, 6) is -6.07. The Kier molecular flexibility index (Phi) is 2.98. The fourth-order valence-electron chi connectivity index (χ4n) is 2.01. The van der Waals surface area contributed by atoms with Crippen LogP contribution in [0, 0.1) is 18.3 Å². The summed E-state index contributed by atoms with van der Waals surface area (Å²) in [5, 5.41) is 9.01. The molecular weight excluding hydrogens is 270 g/mol. The van der Waals surface area contributed by atoms with E-state index in [1.807, 2.05) is 0 Å². The molecule has 1 amide bonds. The molecule has 0 spiro atoms. The lowest BCUT2D eigenvalue weighted by Crippen LogP contribution is -2.38. The summed E-state index contributed by atoms with van der Waals surface area (Å²) in [6.45, 7) is 1.21. The van der Waals surface area contributed by atoms with Crippen LogP contribution in [0.2, 0.25) is 0 Å². The third-order valence-corrected chi connectivity index (χ3v) is 2.91. The van der Waals surface area contributed by atoms with Crippen LogP contribution in [-0.2, 0) is 10.7 Å². The smallest absolute Gasteiger partial charge is 0.355 e. The van der Waals surface area contributed by atoms with E-state index in [2.05, 4.69) is 15.7 Å². The van der Waals surface area contributed by atoms with Crippen LogP contribution in [0.15, 0.2) is 17.1 Å². The van der Waals surface area contributed by atoms with Crippen molar-refractivity contribution in [3.8, 4) is 6.07 Å². The van der Waals surface area contributed by atoms with Gasteiger partial charge in [0.1, 0.15) is 11.8 Å². The number of amides is 1. The van der Waals surface area contributed by atoms with Crippen LogP contribution in [-0.4, -0.2) is 15.9 Å². The minimum atomic E-state index is -4.13. The number of carbonyl (C=O) groups is 1. The Balaban J connectivity index is 3.00. The molecule has 8 heteroatoms. The van der Waals surface area contributed by atoms with Crippen LogP contribution < -0.4 is 11.3 Å². The van der Waals surface area contributed by atoms with Crippen molar-refractivity contribution in [3.05, 3.63) is 39.4 Å². The molecular formula is C12H8F2N4O2. The number of aromatic amines is 1. The molecule has 2 rings (SSSR count). The average molecular weight is 278 g/mol. The molecule has 20 heavy (non-hydrogen) atoms. The topological polar surface area (TPSA) is 113 Å². The highest BCUT2D eigenvalue weighted by molar-refractivity contribution is 5.90. The van der Waals surface area contributed by atoms with Gasteiger partial charge < -0.3 is 10.7 Å². The number of nitrogens with two attached hydrogens (primary N) is 1. The quantitative estimate of drug-likeness (QED) is 0.840. The highest BCUT2D eigenvalue weighted by Crippen LogP contribution is 2.31. The van der Waals surface area contributed by atoms with Crippen molar-refractivity contribution >= 4 is 16.8 Å². The molecule has 0 aliphatic carbocycles. The van der Waals surface area contributed by atoms with E-state index in [0.29, 0.717) is 0 Å². The van der Waals surface area contributed by atoms with Gasteiger partial charge in [0.2, 0.25) is 0 Å². The van der Waals surface area contributed by atoms with E-state index < -0.39 is 23.0 Å². The first kappa shape index (κ1) is 13.6. The molecule has 0 saturated carbocycles. The molecule has 3 N–H and O–H groups in total. The minimum absolute atomic E-state index is 0.0607. The number of alkyl halides is 2. The number of nitriles is 1. The summed E-state index contributed by atoms with van der Waals surface area (Å²) < 4.78 is 27.5. The molecule has 0 fully saturated rings. The van der Waals surface area contributed by atoms with Gasteiger partial charge in [0.05, 0.1) is 11.1 Å². The van der Waals surface area contributed by atoms with E-state index in [9.17, 15) is 18.4 Å². The number of nitrogens with zero attached hydrogens (tertiary/aromatic N) is 2. The second kappa shape index (κ2) is 4.38. The number of hydrogen-bond donors (Lipinski definition) is 2. The molecule has 0 radical (unpaired) electrons. The molecule has 0 unspecified atom stereocenters. The number of H-pyrrole nitrogens is 1. The molecule has 0 aliphatic heterocycles. The molecule has 0 bridgehead atoms. The number of hydrogen-bond acceptors (Lipinski definition) is 4. The first-order valence-corrected chi connectivity index (χ1v) is 5.40. The van der Waals surface area contributed by atoms with E-state index in [1.165, 1.54) is 19.2 Å². The van der Waals surface area contributed by atoms with Crippen molar-refractivity contribution in [2.24, 2.45) is 5.73 Å². The molecule has 102 valence electrons. The lowest BCUT2D eigenvalue weighted by molar-refractivity contribution is -0.143. The maximum absolute atomic E-state index is 13.8. The fourth-order valence-corrected chi connectivity index (χ4v) is 2.01. The Hall–Kier alpha value is -2.82. The van der Waals surface area contributed by atoms with Crippen molar-refractivity contribution < 1.29 is 13.6 Å². The molecule has 2 aromatic heterocycles. The lowest BCUT2D eigenvalue weighted by atomic mass is 9.99. The third kappa shape index (κ3) is 1.80. The fraction of sp³-hybridized carbons (Fsp3) is 0.167. The molecule has 6 nitrogen and oxygen atoms in total. The van der Waals surface area contributed by atoms with E-state index >= 15 is 0 Å². The monoisotopic (exact) mass is 278 g/mol. The van der Waals surface area contributed by atoms with Gasteiger partial charge in [-0.25, -0.2) is 4.98 Å². The summed E-state index contributed by atoms with van der Waals surface area (Å²) in [7, 11) is 0. The van der Waals surface area contributed by atoms with Crippen molar-refractivity contribution in [2.45, 2.75) is 12.8 Å². The van der Waals surface area contributed by atoms with Gasteiger partial charge >= 0.3 is 5.92 Å². The van der Waals surface area contributed by atoms with E-state index in [1.54, 1.807) is 6.07 Å². The molecule has 2 heterocycles. The van der Waals surface area contributed by atoms with Crippen LogP contribution >= 0.6 is 0 Å². The Bertz CT molecular complexity index is 821. The van der Waals surface area contributed by atoms with Gasteiger partial charge in [0, 0.05) is 11.6 Å². The Morgan fingerprint density at radius 1 is 1.55 bits per heavy atom. The molecule has 0 saturated heterocycles. The summed E-state index contributed by atoms with van der Waals surface area (Å²) in [6.07, 6.45) is 1.27. The number of fused-ring (bicyclic) bond motifs is 1. The van der Waals surface area contributed by atoms with Crippen LogP contribution in [0.3, 0.4) is 0 Å². The molecule has 0 atom stereocenters. The number of primary amides is 1. The maximum Gasteiger partial charge on any atom is 0.355 e. The largest absolute Gasteiger partial charge is 0.364 e. The number of carbonyl (C=O) groups excluding carboxylic acids is 1. The standard InChI is InChI=1S/C12H8F2N4O2/c1-5-8-6(2-3-17-7(8)4-15)18-10(19)9(5)12(13,14)11(16)20/h2-3H,1H3,(H2,16,20)(H,18,19). The zero-order valence-corrected chi connectivity index (χ0v) is 10.2. The van der Waals surface area contributed by atoms with Gasteiger partial charge in [-0.05, 0) is 18.6 Å². The number of pyridine rings is 2. The van der Waals surface area contributed by atoms with Crippen LogP contribution in [0.1, 0.15) is 16.8 Å². The first-order valence-electron chi connectivity index (χ1n) is 5.40.